The van der Waals surface area contributed by atoms with Gasteiger partial charge in [-0.1, -0.05) is 348 Å². The number of aliphatic carboxylic acids is 2. The van der Waals surface area contributed by atoms with Crippen LogP contribution in [0.15, 0.2) is 0 Å². The lowest BCUT2D eigenvalue weighted by Crippen LogP contribution is -2.55. The van der Waals surface area contributed by atoms with Crippen molar-refractivity contribution in [3.63, 3.8) is 0 Å². The van der Waals surface area contributed by atoms with Crippen LogP contribution >= 0.6 is 0 Å². The lowest BCUT2D eigenvalue weighted by molar-refractivity contribution is -0.162. The van der Waals surface area contributed by atoms with Gasteiger partial charge < -0.3 is 15.3 Å². The van der Waals surface area contributed by atoms with E-state index in [1.165, 1.54) is 231 Å². The van der Waals surface area contributed by atoms with Crippen LogP contribution in [-0.4, -0.2) is 50.2 Å². The average molecular weight is 1130 g/mol. The fourth-order valence-electron chi connectivity index (χ4n) is 12.3. The highest BCUT2D eigenvalue weighted by molar-refractivity contribution is 6.13. The van der Waals surface area contributed by atoms with Crippen LogP contribution in [0.5, 0.6) is 0 Å². The largest absolute Gasteiger partial charge is 0.481 e. The van der Waals surface area contributed by atoms with Crippen LogP contribution in [0, 0.1) is 5.92 Å². The van der Waals surface area contributed by atoms with Crippen molar-refractivity contribution in [2.45, 2.75) is 424 Å². The number of ketones is 3. The molecule has 2 unspecified atom stereocenters. The fraction of sp³-hybridized carbons (Fsp3) is 0.931. The van der Waals surface area contributed by atoms with Crippen molar-refractivity contribution in [3.05, 3.63) is 0 Å². The monoisotopic (exact) mass is 1130 g/mol. The van der Waals surface area contributed by atoms with Gasteiger partial charge in [0, 0.05) is 32.1 Å². The number of unbranched alkanes of at least 4 members (excludes halogenated alkanes) is 53. The van der Waals surface area contributed by atoms with Crippen molar-refractivity contribution in [2.24, 2.45) is 5.92 Å². The second-order valence-electron chi connectivity index (χ2n) is 25.4. The predicted octanol–water partition coefficient (Wildman–Crippen LogP) is 22.8. The highest BCUT2D eigenvalue weighted by atomic mass is 16.4. The Hall–Kier alpha value is -2.09. The number of aliphatic hydroxyl groups is 1. The van der Waals surface area contributed by atoms with Gasteiger partial charge in [-0.3, -0.25) is 24.0 Å². The van der Waals surface area contributed by atoms with Crippen molar-refractivity contribution >= 4 is 29.3 Å². The molecule has 0 fully saturated rings. The number of carboxylic acids is 2. The van der Waals surface area contributed by atoms with Crippen LogP contribution in [0.2, 0.25) is 0 Å². The summed E-state index contributed by atoms with van der Waals surface area (Å²) in [4.78, 5) is 64.9. The van der Waals surface area contributed by atoms with Gasteiger partial charge in [0.15, 0.2) is 17.2 Å². The molecule has 0 aromatic carbocycles. The molecule has 8 heteroatoms. The van der Waals surface area contributed by atoms with Crippen LogP contribution in [0.4, 0.5) is 0 Å². The molecule has 0 rings (SSSR count). The molecular formula is C72H136O8. The first-order valence-electron chi connectivity index (χ1n) is 35.9. The SMILES string of the molecule is CCCCCCCCCCCCCCCCCC(=O)C(O)(C(=O)CCCCCCCCCCCCCCCCC(=O)O)C(CCCCCCCCCCCCCCCCCC(=O)O)C(=O)CCCCCCCCCCCCCCC. The average Bonchev–Trinajstić information content (AvgIpc) is 3.46. The van der Waals surface area contributed by atoms with Gasteiger partial charge in [-0.25, -0.2) is 0 Å². The van der Waals surface area contributed by atoms with Crippen LogP contribution in [0.1, 0.15) is 418 Å². The fourth-order valence-corrected chi connectivity index (χ4v) is 12.3. The van der Waals surface area contributed by atoms with Gasteiger partial charge in [-0.05, 0) is 38.5 Å². The molecular weight excluding hydrogens is 993 g/mol. The van der Waals surface area contributed by atoms with E-state index in [1.807, 2.05) is 0 Å². The molecule has 0 aromatic heterocycles. The van der Waals surface area contributed by atoms with E-state index in [2.05, 4.69) is 13.8 Å². The second kappa shape index (κ2) is 61.5. The maximum atomic E-state index is 14.5. The van der Waals surface area contributed by atoms with E-state index < -0.39 is 35.0 Å². The summed E-state index contributed by atoms with van der Waals surface area (Å²) in [6, 6.07) is 0. The highest BCUT2D eigenvalue weighted by Crippen LogP contribution is 2.33. The van der Waals surface area contributed by atoms with E-state index in [1.54, 1.807) is 0 Å². The van der Waals surface area contributed by atoms with Gasteiger partial charge in [0.2, 0.25) is 0 Å². The lowest BCUT2D eigenvalue weighted by atomic mass is 9.72. The van der Waals surface area contributed by atoms with E-state index in [0.717, 1.165) is 122 Å². The van der Waals surface area contributed by atoms with E-state index in [0.29, 0.717) is 25.7 Å². The molecule has 0 bridgehead atoms. The van der Waals surface area contributed by atoms with E-state index >= 15 is 0 Å². The molecule has 0 aliphatic rings. The zero-order valence-electron chi connectivity index (χ0n) is 53.5. The Balaban J connectivity index is 5.41. The van der Waals surface area contributed by atoms with Crippen molar-refractivity contribution < 1.29 is 39.3 Å². The van der Waals surface area contributed by atoms with Gasteiger partial charge in [0.25, 0.3) is 0 Å². The van der Waals surface area contributed by atoms with E-state index in [9.17, 15) is 29.1 Å². The van der Waals surface area contributed by atoms with Crippen molar-refractivity contribution in [3.8, 4) is 0 Å². The number of hydrogen-bond donors (Lipinski definition) is 3. The Bertz CT molecular complexity index is 1380. The Kier molecular flexibility index (Phi) is 59.9. The number of carbonyl (C=O) groups is 5. The summed E-state index contributed by atoms with van der Waals surface area (Å²) >= 11 is 0. The molecule has 0 saturated heterocycles. The smallest absolute Gasteiger partial charge is 0.303 e. The maximum absolute atomic E-state index is 14.5. The van der Waals surface area contributed by atoms with Gasteiger partial charge in [-0.2, -0.15) is 0 Å². The second-order valence-corrected chi connectivity index (χ2v) is 25.4. The first-order valence-corrected chi connectivity index (χ1v) is 35.9. The summed E-state index contributed by atoms with van der Waals surface area (Å²) in [6.45, 7) is 4.54. The number of Topliss-reactive ketones (excluding diaryl/α,β-unsaturated/α-hetero) is 3. The molecule has 0 aliphatic heterocycles. The maximum Gasteiger partial charge on any atom is 0.303 e. The molecule has 0 aromatic rings. The normalized spacial score (nSPS) is 12.7. The lowest BCUT2D eigenvalue weighted by Gasteiger charge is -2.33. The first-order chi connectivity index (χ1) is 39.1. The standard InChI is InChI=1S/C72H136O8/c1-3-5-7-9-11-13-15-17-19-26-32-38-44-50-56-62-68(74)72(80,69(75)63-57-51-45-39-33-27-22-23-29-35-41-47-53-59-65-71(78)79)66(67(73)61-55-49-43-37-31-24-16-14-12-10-8-6-4-2)60-54-48-42-36-30-25-20-18-21-28-34-40-46-52-58-64-70(76)77/h66,80H,3-65H2,1-2H3,(H,76,77)(H,78,79). The van der Waals surface area contributed by atoms with Crippen LogP contribution < -0.4 is 0 Å². The molecule has 2 atom stereocenters. The van der Waals surface area contributed by atoms with E-state index in [-0.39, 0.29) is 31.5 Å². The zero-order chi connectivity index (χ0) is 58.5. The summed E-state index contributed by atoms with van der Waals surface area (Å²) < 4.78 is 0. The van der Waals surface area contributed by atoms with Crippen molar-refractivity contribution in [2.75, 3.05) is 0 Å². The third-order valence-electron chi connectivity index (χ3n) is 17.7. The van der Waals surface area contributed by atoms with Gasteiger partial charge >= 0.3 is 11.9 Å². The molecule has 0 radical (unpaired) electrons. The number of hydrogen-bond acceptors (Lipinski definition) is 6. The summed E-state index contributed by atoms with van der Waals surface area (Å²) in [5, 5.41) is 30.4. The summed E-state index contributed by atoms with van der Waals surface area (Å²) in [5.74, 6) is -3.19. The summed E-state index contributed by atoms with van der Waals surface area (Å²) in [5.41, 5.74) is -2.22. The van der Waals surface area contributed by atoms with Crippen molar-refractivity contribution in [1.82, 2.24) is 0 Å². The molecule has 3 N–H and O–H groups in total. The molecule has 80 heavy (non-hydrogen) atoms. The molecule has 0 aliphatic carbocycles. The Morgan fingerprint density at radius 1 is 0.250 bits per heavy atom. The minimum Gasteiger partial charge on any atom is -0.481 e. The number of carboxylic acid groups (broad SMARTS) is 2. The Morgan fingerprint density at radius 3 is 0.637 bits per heavy atom. The zero-order valence-corrected chi connectivity index (χ0v) is 53.5. The summed E-state index contributed by atoms with van der Waals surface area (Å²) in [7, 11) is 0. The minimum atomic E-state index is -2.22. The topological polar surface area (TPSA) is 146 Å². The molecule has 0 amide bonds. The number of rotatable bonds is 69. The predicted molar refractivity (Wildman–Crippen MR) is 341 cm³/mol. The summed E-state index contributed by atoms with van der Waals surface area (Å²) in [6.07, 6.45) is 68.1. The molecule has 8 nitrogen and oxygen atoms in total. The molecule has 0 spiro atoms. The van der Waals surface area contributed by atoms with Crippen LogP contribution in [-0.2, 0) is 24.0 Å². The minimum absolute atomic E-state index is 0.0670. The van der Waals surface area contributed by atoms with Gasteiger partial charge in [0.05, 0.1) is 5.92 Å². The van der Waals surface area contributed by atoms with Crippen LogP contribution in [0.3, 0.4) is 0 Å². The first kappa shape index (κ1) is 77.9. The van der Waals surface area contributed by atoms with Crippen molar-refractivity contribution in [1.29, 1.82) is 0 Å². The third-order valence-corrected chi connectivity index (χ3v) is 17.7. The molecule has 0 saturated carbocycles. The number of carbonyl (C=O) groups excluding carboxylic acids is 3. The van der Waals surface area contributed by atoms with E-state index in [4.69, 9.17) is 10.2 Å². The third kappa shape index (κ3) is 51.5. The quantitative estimate of drug-likeness (QED) is 0.0403. The van der Waals surface area contributed by atoms with Crippen LogP contribution in [0.25, 0.3) is 0 Å². The van der Waals surface area contributed by atoms with Gasteiger partial charge in [0.1, 0.15) is 5.78 Å². The van der Waals surface area contributed by atoms with Gasteiger partial charge in [-0.15, -0.1) is 0 Å². The molecule has 472 valence electrons. The Labute approximate surface area is 496 Å². The Morgan fingerprint density at radius 2 is 0.425 bits per heavy atom. The highest BCUT2D eigenvalue weighted by Gasteiger charge is 2.51. The molecule has 0 heterocycles.